The molecule has 0 aromatic carbocycles. The van der Waals surface area contributed by atoms with E-state index in [0.29, 0.717) is 0 Å². The van der Waals surface area contributed by atoms with Crippen LogP contribution in [0.2, 0.25) is 0 Å². The van der Waals surface area contributed by atoms with Gasteiger partial charge in [-0.05, 0) is 0 Å². The van der Waals surface area contributed by atoms with Gasteiger partial charge >= 0.3 is 0 Å². The van der Waals surface area contributed by atoms with Crippen molar-refractivity contribution in [2.45, 2.75) is 19.0 Å². The SMILES string of the molecule is [CH]1CC2OC1O2. The molecule has 0 saturated carbocycles. The van der Waals surface area contributed by atoms with Crippen molar-refractivity contribution in [3.8, 4) is 0 Å². The lowest BCUT2D eigenvalue weighted by Gasteiger charge is -2.23. The van der Waals surface area contributed by atoms with Gasteiger partial charge in [-0.25, -0.2) is 0 Å². The van der Waals surface area contributed by atoms with E-state index < -0.39 is 0 Å². The summed E-state index contributed by atoms with van der Waals surface area (Å²) in [5, 5.41) is 0. The third kappa shape index (κ3) is 0.200. The molecule has 2 nitrogen and oxygen atoms in total. The summed E-state index contributed by atoms with van der Waals surface area (Å²) in [6.45, 7) is 0. The Hall–Kier alpha value is -0.0800. The van der Waals surface area contributed by atoms with E-state index in [1.165, 1.54) is 0 Å². The van der Waals surface area contributed by atoms with Crippen molar-refractivity contribution in [1.29, 1.82) is 0 Å². The topological polar surface area (TPSA) is 18.5 Å². The molecule has 3 heterocycles. The van der Waals surface area contributed by atoms with Gasteiger partial charge in [-0.2, -0.15) is 0 Å². The Labute approximate surface area is 36.0 Å². The lowest BCUT2D eigenvalue weighted by atomic mass is 10.4. The van der Waals surface area contributed by atoms with Gasteiger partial charge in [0.25, 0.3) is 0 Å². The summed E-state index contributed by atoms with van der Waals surface area (Å²) in [6, 6.07) is 0. The molecule has 3 saturated heterocycles. The second-order valence-electron chi connectivity index (χ2n) is 1.54. The highest BCUT2D eigenvalue weighted by molar-refractivity contribution is 4.86. The maximum Gasteiger partial charge on any atom is 0.167 e. The Kier molecular flexibility index (Phi) is 0.383. The van der Waals surface area contributed by atoms with E-state index in [2.05, 4.69) is 0 Å². The second-order valence-corrected chi connectivity index (χ2v) is 1.54. The molecular weight excluding hydrogens is 80.0 g/mol. The monoisotopic (exact) mass is 85.0 g/mol. The van der Waals surface area contributed by atoms with Gasteiger partial charge in [0.15, 0.2) is 12.6 Å². The van der Waals surface area contributed by atoms with Gasteiger partial charge in [0.2, 0.25) is 0 Å². The Morgan fingerprint density at radius 1 is 1.50 bits per heavy atom. The molecular formula is C4H5O2. The molecule has 0 aromatic heterocycles. The molecule has 3 rings (SSSR count). The van der Waals surface area contributed by atoms with Crippen molar-refractivity contribution in [3.63, 3.8) is 0 Å². The van der Waals surface area contributed by atoms with E-state index in [1.807, 2.05) is 6.42 Å². The summed E-state index contributed by atoms with van der Waals surface area (Å²) in [5.74, 6) is 0. The third-order valence-electron chi connectivity index (χ3n) is 1.09. The van der Waals surface area contributed by atoms with Crippen molar-refractivity contribution in [3.05, 3.63) is 6.42 Å². The molecule has 0 atom stereocenters. The van der Waals surface area contributed by atoms with E-state index >= 15 is 0 Å². The van der Waals surface area contributed by atoms with Gasteiger partial charge in [0, 0.05) is 12.8 Å². The van der Waals surface area contributed by atoms with Crippen LogP contribution in [0.4, 0.5) is 0 Å². The highest BCUT2D eigenvalue weighted by Crippen LogP contribution is 2.31. The molecule has 0 N–H and O–H groups in total. The maximum absolute atomic E-state index is 4.97. The zero-order chi connectivity index (χ0) is 3.98. The van der Waals surface area contributed by atoms with Crippen LogP contribution in [0, 0.1) is 6.42 Å². The molecule has 0 unspecified atom stereocenters. The predicted molar refractivity (Wildman–Crippen MR) is 18.7 cm³/mol. The lowest BCUT2D eigenvalue weighted by Crippen LogP contribution is -2.29. The first-order valence-corrected chi connectivity index (χ1v) is 2.09. The third-order valence-corrected chi connectivity index (χ3v) is 1.09. The summed E-state index contributed by atoms with van der Waals surface area (Å²) in [6.07, 6.45) is 3.22. The number of fused-ring (bicyclic) bond motifs is 1. The second kappa shape index (κ2) is 0.768. The molecule has 0 aromatic rings. The minimum absolute atomic E-state index is 0.0648. The fourth-order valence-corrected chi connectivity index (χ4v) is 0.754. The first-order chi connectivity index (χ1) is 2.95. The van der Waals surface area contributed by atoms with Crippen LogP contribution in [0.5, 0.6) is 0 Å². The van der Waals surface area contributed by atoms with Gasteiger partial charge in [-0.3, -0.25) is 0 Å². The van der Waals surface area contributed by atoms with Crippen LogP contribution in [-0.2, 0) is 9.47 Å². The highest BCUT2D eigenvalue weighted by atomic mass is 16.9. The number of rotatable bonds is 0. The molecule has 0 aliphatic carbocycles. The van der Waals surface area contributed by atoms with Gasteiger partial charge in [0.05, 0.1) is 0 Å². The zero-order valence-electron chi connectivity index (χ0n) is 3.26. The van der Waals surface area contributed by atoms with Crippen LogP contribution < -0.4 is 0 Å². The van der Waals surface area contributed by atoms with Gasteiger partial charge in [-0.1, -0.05) is 0 Å². The van der Waals surface area contributed by atoms with Crippen molar-refractivity contribution >= 4 is 0 Å². The van der Waals surface area contributed by atoms with Gasteiger partial charge in [0.1, 0.15) is 0 Å². The van der Waals surface area contributed by atoms with E-state index in [0.717, 1.165) is 6.42 Å². The average molecular weight is 85.1 g/mol. The minimum atomic E-state index is 0.0648. The molecule has 3 aliphatic heterocycles. The normalized spacial score (nSPS) is 52.0. The van der Waals surface area contributed by atoms with Crippen molar-refractivity contribution in [2.75, 3.05) is 0 Å². The Morgan fingerprint density at radius 2 is 2.33 bits per heavy atom. The van der Waals surface area contributed by atoms with Crippen LogP contribution >= 0.6 is 0 Å². The molecule has 0 amide bonds. The number of hydrogen-bond acceptors (Lipinski definition) is 2. The standard InChI is InChI=1S/C4H5O2/c1-2-4-5-3(1)6-4/h1,3-4H,2H2. The number of ether oxygens (including phenoxy) is 2. The molecule has 3 fully saturated rings. The maximum atomic E-state index is 4.97. The smallest absolute Gasteiger partial charge is 0.167 e. The quantitative estimate of drug-likeness (QED) is 0.421. The minimum Gasteiger partial charge on any atom is -0.323 e. The average Bonchev–Trinajstić information content (AvgIpc) is 1.72. The first kappa shape index (κ1) is 2.99. The van der Waals surface area contributed by atoms with E-state index in [1.54, 1.807) is 0 Å². The van der Waals surface area contributed by atoms with E-state index in [4.69, 9.17) is 9.47 Å². The van der Waals surface area contributed by atoms with E-state index in [-0.39, 0.29) is 12.6 Å². The Balaban J connectivity index is 2.16. The molecule has 1 radical (unpaired) electrons. The fourth-order valence-electron chi connectivity index (χ4n) is 0.754. The van der Waals surface area contributed by atoms with Crippen LogP contribution in [0.3, 0.4) is 0 Å². The largest absolute Gasteiger partial charge is 0.323 e. The first-order valence-electron chi connectivity index (χ1n) is 2.09. The van der Waals surface area contributed by atoms with Gasteiger partial charge in [-0.15, -0.1) is 0 Å². The lowest BCUT2D eigenvalue weighted by molar-refractivity contribution is -0.331. The summed E-state index contributed by atoms with van der Waals surface area (Å²) in [4.78, 5) is 0. The Morgan fingerprint density at radius 3 is 2.50 bits per heavy atom. The Bertz CT molecular complexity index is 52.4. The summed E-state index contributed by atoms with van der Waals surface area (Å²) in [5.41, 5.74) is 0. The van der Waals surface area contributed by atoms with Crippen molar-refractivity contribution in [1.82, 2.24) is 0 Å². The van der Waals surface area contributed by atoms with E-state index in [9.17, 15) is 0 Å². The highest BCUT2D eigenvalue weighted by Gasteiger charge is 2.38. The molecule has 6 heavy (non-hydrogen) atoms. The molecule has 2 heteroatoms. The van der Waals surface area contributed by atoms with Crippen LogP contribution in [-0.4, -0.2) is 12.6 Å². The zero-order valence-corrected chi connectivity index (χ0v) is 3.26. The van der Waals surface area contributed by atoms with Crippen LogP contribution in [0.1, 0.15) is 6.42 Å². The number of hydrogen-bond donors (Lipinski definition) is 0. The van der Waals surface area contributed by atoms with Crippen molar-refractivity contribution in [2.24, 2.45) is 0 Å². The van der Waals surface area contributed by atoms with Crippen LogP contribution in [0.25, 0.3) is 0 Å². The molecule has 3 aliphatic rings. The van der Waals surface area contributed by atoms with Crippen molar-refractivity contribution < 1.29 is 9.47 Å². The van der Waals surface area contributed by atoms with Crippen LogP contribution in [0.15, 0.2) is 0 Å². The van der Waals surface area contributed by atoms with Gasteiger partial charge < -0.3 is 9.47 Å². The fraction of sp³-hybridized carbons (Fsp3) is 0.750. The summed E-state index contributed by atoms with van der Waals surface area (Å²) in [7, 11) is 0. The molecule has 33 valence electrons. The molecule has 2 bridgehead atoms. The molecule has 0 spiro atoms. The predicted octanol–water partition coefficient (Wildman–Crippen LogP) is 0.293. The summed E-state index contributed by atoms with van der Waals surface area (Å²) >= 11 is 0. The summed E-state index contributed by atoms with van der Waals surface area (Å²) < 4.78 is 9.94.